The Morgan fingerprint density at radius 3 is 2.90 bits per heavy atom. The number of aromatic nitrogens is 3. The van der Waals surface area contributed by atoms with Gasteiger partial charge in [-0.25, -0.2) is 4.98 Å². The van der Waals surface area contributed by atoms with E-state index in [9.17, 15) is 4.79 Å². The molecule has 0 saturated heterocycles. The van der Waals surface area contributed by atoms with Crippen LogP contribution in [0.4, 0.5) is 10.8 Å². The summed E-state index contributed by atoms with van der Waals surface area (Å²) in [6, 6.07) is 9.78. The van der Waals surface area contributed by atoms with Gasteiger partial charge in [-0.2, -0.15) is 4.98 Å². The zero-order valence-corrected chi connectivity index (χ0v) is 12.0. The van der Waals surface area contributed by atoms with Gasteiger partial charge in [0.1, 0.15) is 4.70 Å². The Labute approximate surface area is 122 Å². The molecule has 0 fully saturated rings. The summed E-state index contributed by atoms with van der Waals surface area (Å²) in [7, 11) is 0. The zero-order chi connectivity index (χ0) is 13.5. The van der Waals surface area contributed by atoms with Gasteiger partial charge in [0.2, 0.25) is 0 Å². The Morgan fingerprint density at radius 1 is 1.20 bits per heavy atom. The first kappa shape index (κ1) is 11.9. The number of thiazole rings is 1. The molecule has 0 saturated carbocycles. The predicted molar refractivity (Wildman–Crippen MR) is 82.1 cm³/mol. The van der Waals surface area contributed by atoms with Crippen LogP contribution < -0.4 is 10.9 Å². The molecule has 3 aromatic rings. The summed E-state index contributed by atoms with van der Waals surface area (Å²) in [6.45, 7) is 0.737. The van der Waals surface area contributed by atoms with Gasteiger partial charge in [0.25, 0.3) is 5.56 Å². The second-order valence-electron chi connectivity index (χ2n) is 4.36. The molecule has 7 heteroatoms. The van der Waals surface area contributed by atoms with Gasteiger partial charge < -0.3 is 5.32 Å². The molecule has 3 heterocycles. The van der Waals surface area contributed by atoms with E-state index in [2.05, 4.69) is 15.3 Å². The number of fused-ring (bicyclic) bond motifs is 2. The third-order valence-electron chi connectivity index (χ3n) is 3.05. The van der Waals surface area contributed by atoms with Crippen LogP contribution in [0.1, 0.15) is 0 Å². The van der Waals surface area contributed by atoms with E-state index in [4.69, 9.17) is 0 Å². The van der Waals surface area contributed by atoms with Gasteiger partial charge in [0.05, 0.1) is 0 Å². The quantitative estimate of drug-likeness (QED) is 0.738. The monoisotopic (exact) mass is 302 g/mol. The molecule has 1 N–H and O–H groups in total. The fraction of sp³-hybridized carbons (Fsp3) is 0.154. The zero-order valence-electron chi connectivity index (χ0n) is 10.4. The molecule has 100 valence electrons. The number of nitrogens with one attached hydrogen (secondary N) is 1. The van der Waals surface area contributed by atoms with E-state index in [0.29, 0.717) is 15.5 Å². The molecule has 0 aliphatic carbocycles. The lowest BCUT2D eigenvalue weighted by Crippen LogP contribution is -2.19. The molecule has 1 aliphatic rings. The minimum Gasteiger partial charge on any atom is -0.331 e. The molecule has 0 bridgehead atoms. The maximum atomic E-state index is 12.3. The second-order valence-corrected chi connectivity index (χ2v) is 6.42. The third-order valence-corrected chi connectivity index (χ3v) is 4.96. The molecule has 0 amide bonds. The largest absolute Gasteiger partial charge is 0.331 e. The third kappa shape index (κ3) is 1.90. The SMILES string of the molecule is O=c1c2sc(Nc3ccccc3)nc2nc2n1CCS2. The van der Waals surface area contributed by atoms with E-state index in [0.717, 1.165) is 23.1 Å². The fourth-order valence-corrected chi connectivity index (χ4v) is 3.93. The fourth-order valence-electron chi connectivity index (χ4n) is 2.12. The molecular weight excluding hydrogens is 292 g/mol. The van der Waals surface area contributed by atoms with E-state index in [1.807, 2.05) is 30.3 Å². The lowest BCUT2D eigenvalue weighted by Gasteiger charge is -1.99. The average Bonchev–Trinajstić information content (AvgIpc) is 3.07. The first-order valence-electron chi connectivity index (χ1n) is 6.17. The highest BCUT2D eigenvalue weighted by Crippen LogP contribution is 2.28. The van der Waals surface area contributed by atoms with Crippen LogP contribution >= 0.6 is 23.1 Å². The van der Waals surface area contributed by atoms with Crippen molar-refractivity contribution >= 4 is 44.3 Å². The van der Waals surface area contributed by atoms with E-state index < -0.39 is 0 Å². The van der Waals surface area contributed by atoms with Crippen molar-refractivity contribution in [3.8, 4) is 0 Å². The van der Waals surface area contributed by atoms with E-state index in [1.165, 1.54) is 11.3 Å². The number of anilines is 2. The van der Waals surface area contributed by atoms with Crippen LogP contribution in [-0.4, -0.2) is 20.3 Å². The summed E-state index contributed by atoms with van der Waals surface area (Å²) < 4.78 is 2.35. The van der Waals surface area contributed by atoms with Gasteiger partial charge in [-0.15, -0.1) is 0 Å². The highest BCUT2D eigenvalue weighted by molar-refractivity contribution is 7.99. The van der Waals surface area contributed by atoms with Crippen LogP contribution in [0.2, 0.25) is 0 Å². The lowest BCUT2D eigenvalue weighted by molar-refractivity contribution is 0.669. The van der Waals surface area contributed by atoms with Gasteiger partial charge in [-0.1, -0.05) is 41.3 Å². The minimum absolute atomic E-state index is 0.0219. The molecule has 5 nitrogen and oxygen atoms in total. The number of benzene rings is 1. The number of hydrogen-bond acceptors (Lipinski definition) is 6. The molecule has 0 unspecified atom stereocenters. The smallest absolute Gasteiger partial charge is 0.273 e. The second kappa shape index (κ2) is 4.60. The molecule has 1 aliphatic heterocycles. The first-order valence-corrected chi connectivity index (χ1v) is 7.98. The van der Waals surface area contributed by atoms with Crippen molar-refractivity contribution in [2.24, 2.45) is 0 Å². The predicted octanol–water partition coefficient (Wildman–Crippen LogP) is 2.70. The number of nitrogens with zero attached hydrogens (tertiary/aromatic N) is 3. The minimum atomic E-state index is 0.0219. The maximum Gasteiger partial charge on any atom is 0.273 e. The molecule has 20 heavy (non-hydrogen) atoms. The molecule has 4 rings (SSSR count). The van der Waals surface area contributed by atoms with Crippen LogP contribution in [0.5, 0.6) is 0 Å². The van der Waals surface area contributed by atoms with Crippen molar-refractivity contribution in [3.05, 3.63) is 40.7 Å². The van der Waals surface area contributed by atoms with Crippen molar-refractivity contribution in [2.75, 3.05) is 11.1 Å². The summed E-state index contributed by atoms with van der Waals surface area (Å²) in [5, 5.41) is 4.68. The number of rotatable bonds is 2. The topological polar surface area (TPSA) is 59.8 Å². The molecule has 0 atom stereocenters. The van der Waals surface area contributed by atoms with Gasteiger partial charge in [0, 0.05) is 18.0 Å². The molecule has 0 radical (unpaired) electrons. The number of thioether (sulfide) groups is 1. The normalized spacial score (nSPS) is 13.6. The summed E-state index contributed by atoms with van der Waals surface area (Å²) in [5.74, 6) is 0.911. The highest BCUT2D eigenvalue weighted by Gasteiger charge is 2.19. The summed E-state index contributed by atoms with van der Waals surface area (Å²) >= 11 is 2.96. The maximum absolute atomic E-state index is 12.3. The van der Waals surface area contributed by atoms with Crippen LogP contribution in [-0.2, 0) is 6.54 Å². The molecule has 0 spiro atoms. The van der Waals surface area contributed by atoms with Crippen LogP contribution in [0.25, 0.3) is 10.3 Å². The van der Waals surface area contributed by atoms with Crippen molar-refractivity contribution in [1.82, 2.24) is 14.5 Å². The molecule has 2 aromatic heterocycles. The Morgan fingerprint density at radius 2 is 2.05 bits per heavy atom. The van der Waals surface area contributed by atoms with Gasteiger partial charge in [-0.05, 0) is 12.1 Å². The van der Waals surface area contributed by atoms with Crippen LogP contribution in [0.3, 0.4) is 0 Å². The van der Waals surface area contributed by atoms with Crippen molar-refractivity contribution < 1.29 is 0 Å². The average molecular weight is 302 g/mol. The number of hydrogen-bond donors (Lipinski definition) is 1. The summed E-state index contributed by atoms with van der Waals surface area (Å²) in [6.07, 6.45) is 0. The van der Waals surface area contributed by atoms with Crippen molar-refractivity contribution in [2.45, 2.75) is 11.7 Å². The molecule has 1 aromatic carbocycles. The van der Waals surface area contributed by atoms with Gasteiger partial charge in [-0.3, -0.25) is 9.36 Å². The van der Waals surface area contributed by atoms with Gasteiger partial charge >= 0.3 is 0 Å². The van der Waals surface area contributed by atoms with Gasteiger partial charge in [0.15, 0.2) is 15.9 Å². The Bertz CT molecular complexity index is 841. The summed E-state index contributed by atoms with van der Waals surface area (Å²) in [4.78, 5) is 21.2. The Balaban J connectivity index is 1.80. The first-order chi connectivity index (χ1) is 9.81. The Kier molecular flexibility index (Phi) is 2.75. The van der Waals surface area contributed by atoms with E-state index in [-0.39, 0.29) is 5.56 Å². The Hall–Kier alpha value is -1.86. The van der Waals surface area contributed by atoms with Crippen molar-refractivity contribution in [1.29, 1.82) is 0 Å². The van der Waals surface area contributed by atoms with Crippen LogP contribution in [0.15, 0.2) is 40.3 Å². The number of para-hydroxylation sites is 1. The summed E-state index contributed by atoms with van der Waals surface area (Å²) in [5.41, 5.74) is 1.52. The lowest BCUT2D eigenvalue weighted by atomic mass is 10.3. The van der Waals surface area contributed by atoms with Crippen LogP contribution in [0, 0.1) is 0 Å². The molecular formula is C13H10N4OS2. The highest BCUT2D eigenvalue weighted by atomic mass is 32.2. The van der Waals surface area contributed by atoms with E-state index >= 15 is 0 Å². The standard InChI is InChI=1S/C13H10N4OS2/c18-11-9-10(16-13-17(11)6-7-19-13)15-12(20-9)14-8-4-2-1-3-5-8/h1-5H,6-7H2,(H,14,15). The van der Waals surface area contributed by atoms with Crippen molar-refractivity contribution in [3.63, 3.8) is 0 Å². The van der Waals surface area contributed by atoms with E-state index in [1.54, 1.807) is 16.3 Å².